The number of benzene rings is 2. The Balaban J connectivity index is 1.62. The number of halogens is 4. The van der Waals surface area contributed by atoms with Gasteiger partial charge in [-0.05, 0) is 78.3 Å². The van der Waals surface area contributed by atoms with E-state index in [2.05, 4.69) is 10.1 Å². The molecule has 158 valence electrons. The maximum Gasteiger partial charge on any atom is 0.573 e. The lowest BCUT2D eigenvalue weighted by Gasteiger charge is -2.44. The molecule has 4 nitrogen and oxygen atoms in total. The maximum atomic E-state index is 12.7. The molecule has 2 N–H and O–H groups in total. The van der Waals surface area contributed by atoms with E-state index in [4.69, 9.17) is 11.6 Å². The first-order chi connectivity index (χ1) is 14.2. The van der Waals surface area contributed by atoms with Gasteiger partial charge in [-0.15, -0.1) is 13.2 Å². The van der Waals surface area contributed by atoms with Crippen molar-refractivity contribution >= 4 is 23.3 Å². The van der Waals surface area contributed by atoms with Crippen LogP contribution in [-0.2, 0) is 0 Å². The first-order valence-electron chi connectivity index (χ1n) is 9.90. The normalized spacial score (nSPS) is 29.1. The summed E-state index contributed by atoms with van der Waals surface area (Å²) in [6.45, 7) is 0. The Morgan fingerprint density at radius 1 is 1.17 bits per heavy atom. The summed E-state index contributed by atoms with van der Waals surface area (Å²) in [6.07, 6.45) is -1.58. The van der Waals surface area contributed by atoms with Crippen molar-refractivity contribution < 1.29 is 27.8 Å². The second-order valence-corrected chi connectivity index (χ2v) is 8.84. The molecule has 2 saturated carbocycles. The number of aromatic carboxylic acids is 1. The van der Waals surface area contributed by atoms with Gasteiger partial charge in [-0.25, -0.2) is 4.79 Å². The van der Waals surface area contributed by atoms with Crippen LogP contribution in [0.1, 0.15) is 52.7 Å². The fraction of sp³-hybridized carbons (Fsp3) is 0.409. The average Bonchev–Trinajstić information content (AvgIpc) is 3.28. The van der Waals surface area contributed by atoms with E-state index in [0.717, 1.165) is 24.8 Å². The Labute approximate surface area is 176 Å². The van der Waals surface area contributed by atoms with Crippen molar-refractivity contribution in [1.29, 1.82) is 0 Å². The van der Waals surface area contributed by atoms with Gasteiger partial charge >= 0.3 is 12.3 Å². The molecule has 0 saturated heterocycles. The Bertz CT molecular complexity index is 1030. The van der Waals surface area contributed by atoms with Crippen LogP contribution in [0.5, 0.6) is 5.75 Å². The molecule has 5 rings (SSSR count). The highest BCUT2D eigenvalue weighted by molar-refractivity contribution is 6.31. The molecule has 3 aliphatic rings. The van der Waals surface area contributed by atoms with E-state index >= 15 is 0 Å². The molecule has 2 fully saturated rings. The van der Waals surface area contributed by atoms with Crippen molar-refractivity contribution in [3.8, 4) is 5.75 Å². The first-order valence-corrected chi connectivity index (χ1v) is 10.3. The van der Waals surface area contributed by atoms with Crippen molar-refractivity contribution in [3.63, 3.8) is 0 Å². The minimum absolute atomic E-state index is 0.0893. The molecule has 1 heterocycles. The molecule has 0 aromatic heterocycles. The van der Waals surface area contributed by atoms with Gasteiger partial charge in [0, 0.05) is 5.02 Å². The third kappa shape index (κ3) is 3.20. The van der Waals surface area contributed by atoms with Gasteiger partial charge < -0.3 is 15.2 Å². The van der Waals surface area contributed by atoms with Crippen molar-refractivity contribution in [3.05, 3.63) is 58.1 Å². The molecule has 2 aromatic rings. The van der Waals surface area contributed by atoms with Gasteiger partial charge in [0.25, 0.3) is 0 Å². The molecular weight excluding hydrogens is 419 g/mol. The topological polar surface area (TPSA) is 58.6 Å². The van der Waals surface area contributed by atoms with Crippen LogP contribution in [0.2, 0.25) is 5.02 Å². The van der Waals surface area contributed by atoms with Gasteiger partial charge in [-0.3, -0.25) is 0 Å². The van der Waals surface area contributed by atoms with E-state index in [1.807, 2.05) is 6.07 Å². The molecule has 8 heteroatoms. The zero-order valence-electron chi connectivity index (χ0n) is 15.7. The van der Waals surface area contributed by atoms with Gasteiger partial charge in [-0.2, -0.15) is 0 Å². The van der Waals surface area contributed by atoms with Crippen LogP contribution in [0.15, 0.2) is 36.4 Å². The highest BCUT2D eigenvalue weighted by atomic mass is 35.5. The zero-order chi connectivity index (χ0) is 21.2. The van der Waals surface area contributed by atoms with Gasteiger partial charge in [0.15, 0.2) is 0 Å². The number of carboxylic acids is 1. The summed E-state index contributed by atoms with van der Waals surface area (Å²) in [5.41, 5.74) is 2.19. The number of carboxylic acid groups (broad SMARTS) is 1. The monoisotopic (exact) mass is 437 g/mol. The smallest absolute Gasteiger partial charge is 0.478 e. The van der Waals surface area contributed by atoms with Crippen LogP contribution in [-0.4, -0.2) is 17.4 Å². The van der Waals surface area contributed by atoms with Crippen molar-refractivity contribution in [1.82, 2.24) is 0 Å². The average molecular weight is 438 g/mol. The fourth-order valence-electron chi connectivity index (χ4n) is 5.96. The van der Waals surface area contributed by atoms with Crippen LogP contribution >= 0.6 is 11.6 Å². The number of hydrogen-bond acceptors (Lipinski definition) is 3. The van der Waals surface area contributed by atoms with Crippen LogP contribution < -0.4 is 10.1 Å². The summed E-state index contributed by atoms with van der Waals surface area (Å²) in [4.78, 5) is 11.9. The highest BCUT2D eigenvalue weighted by Gasteiger charge is 2.54. The summed E-state index contributed by atoms with van der Waals surface area (Å²) >= 11 is 6.24. The van der Waals surface area contributed by atoms with Crippen molar-refractivity contribution in [2.24, 2.45) is 17.8 Å². The van der Waals surface area contributed by atoms with Crippen LogP contribution in [0.4, 0.5) is 18.9 Å². The SMILES string of the molecule is O=C(O)c1cc(Cl)cc2c1N[C@H](c1cccc(OC(F)(F)F)c1)[C@H]1[C@H]3CC[C@@H](C3)[C@@H]21. The number of carbonyl (C=O) groups is 1. The molecule has 2 aromatic carbocycles. The van der Waals surface area contributed by atoms with Crippen molar-refractivity contribution in [2.75, 3.05) is 5.32 Å². The lowest BCUT2D eigenvalue weighted by molar-refractivity contribution is -0.274. The molecule has 5 atom stereocenters. The van der Waals surface area contributed by atoms with Crippen molar-refractivity contribution in [2.45, 2.75) is 37.6 Å². The number of hydrogen-bond donors (Lipinski definition) is 2. The summed E-state index contributed by atoms with van der Waals surface area (Å²) < 4.78 is 42.3. The van der Waals surface area contributed by atoms with E-state index in [-0.39, 0.29) is 29.2 Å². The largest absolute Gasteiger partial charge is 0.573 e. The maximum absolute atomic E-state index is 12.7. The fourth-order valence-corrected chi connectivity index (χ4v) is 6.19. The van der Waals surface area contributed by atoms with Gasteiger partial charge in [0.1, 0.15) is 5.75 Å². The Kier molecular flexibility index (Phi) is 4.43. The molecular formula is C22H19ClF3NO3. The lowest BCUT2D eigenvalue weighted by atomic mass is 9.67. The minimum Gasteiger partial charge on any atom is -0.478 e. The van der Waals surface area contributed by atoms with Gasteiger partial charge in [-0.1, -0.05) is 23.7 Å². The van der Waals surface area contributed by atoms with E-state index in [9.17, 15) is 23.1 Å². The van der Waals surface area contributed by atoms with Gasteiger partial charge in [0.05, 0.1) is 17.3 Å². The third-order valence-electron chi connectivity index (χ3n) is 6.84. The Hall–Kier alpha value is -2.41. The van der Waals surface area contributed by atoms with Crippen LogP contribution in [0.25, 0.3) is 0 Å². The molecule has 0 amide bonds. The predicted molar refractivity (Wildman–Crippen MR) is 105 cm³/mol. The second-order valence-electron chi connectivity index (χ2n) is 8.40. The van der Waals surface area contributed by atoms with Gasteiger partial charge in [0.2, 0.25) is 0 Å². The lowest BCUT2D eigenvalue weighted by Crippen LogP contribution is -2.36. The number of fused-ring (bicyclic) bond motifs is 7. The summed E-state index contributed by atoms with van der Waals surface area (Å²) in [5, 5.41) is 13.5. The number of alkyl halides is 3. The zero-order valence-corrected chi connectivity index (χ0v) is 16.5. The summed E-state index contributed by atoms with van der Waals surface area (Å²) in [7, 11) is 0. The van der Waals surface area contributed by atoms with Crippen LogP contribution in [0, 0.1) is 17.8 Å². The molecule has 0 unspecified atom stereocenters. The van der Waals surface area contributed by atoms with Crippen LogP contribution in [0.3, 0.4) is 0 Å². The summed E-state index contributed by atoms with van der Waals surface area (Å²) in [5.74, 6) is -0.202. The molecule has 1 aliphatic heterocycles. The quantitative estimate of drug-likeness (QED) is 0.597. The number of rotatable bonds is 3. The third-order valence-corrected chi connectivity index (χ3v) is 7.06. The highest BCUT2D eigenvalue weighted by Crippen LogP contribution is 2.64. The molecule has 0 spiro atoms. The van der Waals surface area contributed by atoms with E-state index in [1.54, 1.807) is 6.07 Å². The van der Waals surface area contributed by atoms with E-state index in [0.29, 0.717) is 28.1 Å². The summed E-state index contributed by atoms with van der Waals surface area (Å²) in [6, 6.07) is 8.94. The number of nitrogens with one attached hydrogen (secondary N) is 1. The molecule has 2 bridgehead atoms. The minimum atomic E-state index is -4.77. The number of anilines is 1. The predicted octanol–water partition coefficient (Wildman–Crippen LogP) is 6.23. The van der Waals surface area contributed by atoms with E-state index in [1.165, 1.54) is 24.3 Å². The molecule has 2 aliphatic carbocycles. The Morgan fingerprint density at radius 3 is 2.67 bits per heavy atom. The Morgan fingerprint density at radius 2 is 1.93 bits per heavy atom. The first kappa shape index (κ1) is 19.5. The second kappa shape index (κ2) is 6.80. The molecule has 30 heavy (non-hydrogen) atoms. The molecule has 0 radical (unpaired) electrons. The van der Waals surface area contributed by atoms with E-state index < -0.39 is 12.3 Å². The standard InChI is InChI=1S/C22H19ClF3NO3/c23-13-8-15-17-10-4-5-11(6-10)18(17)19(27-20(15)16(9-13)21(28)29)12-2-1-3-14(7-12)30-22(24,25)26/h1-3,7-11,17-19,27H,4-6H2,(H,28,29)/t10-,11-,17-,18-,19+/m0/s1. The number of ether oxygens (including phenoxy) is 1.